The molecule has 3 nitrogen and oxygen atoms in total. The molecule has 1 aliphatic rings. The normalized spacial score (nSPS) is 17.2. The molecule has 2 rings (SSSR count). The van der Waals surface area contributed by atoms with Gasteiger partial charge in [-0.15, -0.1) is 11.6 Å². The van der Waals surface area contributed by atoms with Crippen LogP contribution in [0.5, 0.6) is 0 Å². The fourth-order valence-electron chi connectivity index (χ4n) is 2.53. The highest BCUT2D eigenvalue weighted by Crippen LogP contribution is 2.25. The van der Waals surface area contributed by atoms with Crippen molar-refractivity contribution < 1.29 is 8.42 Å². The summed E-state index contributed by atoms with van der Waals surface area (Å²) in [5, 5.41) is 0. The van der Waals surface area contributed by atoms with E-state index in [9.17, 15) is 8.42 Å². The van der Waals surface area contributed by atoms with Gasteiger partial charge in [-0.1, -0.05) is 37.1 Å². The van der Waals surface area contributed by atoms with Crippen molar-refractivity contribution in [1.29, 1.82) is 0 Å². The van der Waals surface area contributed by atoms with Crippen molar-refractivity contribution in [1.82, 2.24) is 4.31 Å². The third kappa shape index (κ3) is 3.71. The molecule has 0 saturated heterocycles. The van der Waals surface area contributed by atoms with Gasteiger partial charge >= 0.3 is 0 Å². The smallest absolute Gasteiger partial charge is 0.212 e. The van der Waals surface area contributed by atoms with E-state index in [1.807, 2.05) is 24.3 Å². The second-order valence-corrected chi connectivity index (χ2v) is 7.46. The van der Waals surface area contributed by atoms with Crippen LogP contribution in [0.15, 0.2) is 24.3 Å². The summed E-state index contributed by atoms with van der Waals surface area (Å²) in [4.78, 5) is 0. The van der Waals surface area contributed by atoms with Crippen LogP contribution in [0.1, 0.15) is 36.8 Å². The first-order valence-corrected chi connectivity index (χ1v) is 8.77. The minimum Gasteiger partial charge on any atom is -0.212 e. The molecule has 0 heterocycles. The quantitative estimate of drug-likeness (QED) is 0.784. The van der Waals surface area contributed by atoms with Gasteiger partial charge in [-0.3, -0.25) is 0 Å². The molecule has 1 fully saturated rings. The maximum absolute atomic E-state index is 12.3. The second-order valence-electron chi connectivity index (χ2n) is 5.16. The lowest BCUT2D eigenvalue weighted by atomic mass is 10.2. The summed E-state index contributed by atoms with van der Waals surface area (Å²) >= 11 is 5.72. The van der Waals surface area contributed by atoms with Crippen LogP contribution in [0.3, 0.4) is 0 Å². The molecule has 1 saturated carbocycles. The highest BCUT2D eigenvalue weighted by Gasteiger charge is 2.28. The Morgan fingerprint density at radius 1 is 1.16 bits per heavy atom. The summed E-state index contributed by atoms with van der Waals surface area (Å²) in [7, 11) is -1.51. The topological polar surface area (TPSA) is 37.4 Å². The van der Waals surface area contributed by atoms with Gasteiger partial charge in [0.1, 0.15) is 0 Å². The molecule has 0 bridgehead atoms. The fourth-order valence-corrected chi connectivity index (χ4v) is 4.19. The molecule has 19 heavy (non-hydrogen) atoms. The maximum Gasteiger partial charge on any atom is 0.218 e. The van der Waals surface area contributed by atoms with Crippen LogP contribution in [0.2, 0.25) is 0 Å². The van der Waals surface area contributed by atoms with E-state index in [1.54, 1.807) is 11.4 Å². The molecule has 1 aliphatic carbocycles. The van der Waals surface area contributed by atoms with Gasteiger partial charge in [0.25, 0.3) is 0 Å². The van der Waals surface area contributed by atoms with E-state index in [-0.39, 0.29) is 11.8 Å². The number of benzene rings is 1. The molecular formula is C14H20ClNO2S. The van der Waals surface area contributed by atoms with Crippen molar-refractivity contribution >= 4 is 21.6 Å². The lowest BCUT2D eigenvalue weighted by Crippen LogP contribution is -2.36. The zero-order chi connectivity index (χ0) is 13.9. The summed E-state index contributed by atoms with van der Waals surface area (Å²) in [6.45, 7) is 0. The predicted molar refractivity (Wildman–Crippen MR) is 78.6 cm³/mol. The zero-order valence-electron chi connectivity index (χ0n) is 11.2. The first-order valence-electron chi connectivity index (χ1n) is 6.62. The average Bonchev–Trinajstić information content (AvgIpc) is 2.92. The number of hydrogen-bond acceptors (Lipinski definition) is 2. The third-order valence-corrected chi connectivity index (χ3v) is 5.99. The number of halogens is 1. The Hall–Kier alpha value is -0.580. The molecule has 5 heteroatoms. The summed E-state index contributed by atoms with van der Waals surface area (Å²) in [5.41, 5.74) is 1.82. The van der Waals surface area contributed by atoms with Crippen LogP contribution in [0.25, 0.3) is 0 Å². The van der Waals surface area contributed by atoms with Crippen molar-refractivity contribution in [3.63, 3.8) is 0 Å². The van der Waals surface area contributed by atoms with Gasteiger partial charge in [0.05, 0.1) is 5.75 Å². The van der Waals surface area contributed by atoms with Crippen LogP contribution in [-0.4, -0.2) is 25.8 Å². The maximum atomic E-state index is 12.3. The predicted octanol–water partition coefficient (Wildman–Crippen LogP) is 3.13. The van der Waals surface area contributed by atoms with Gasteiger partial charge in [-0.2, -0.15) is 0 Å². The van der Waals surface area contributed by atoms with Gasteiger partial charge in [-0.05, 0) is 24.0 Å². The van der Waals surface area contributed by atoms with Gasteiger partial charge in [-0.25, -0.2) is 12.7 Å². The Kier molecular flexibility index (Phi) is 4.87. The van der Waals surface area contributed by atoms with Gasteiger partial charge in [0.2, 0.25) is 10.0 Å². The van der Waals surface area contributed by atoms with Crippen LogP contribution >= 0.6 is 11.6 Å². The molecule has 0 atom stereocenters. The average molecular weight is 302 g/mol. The summed E-state index contributed by atoms with van der Waals surface area (Å²) in [6.07, 6.45) is 4.24. The lowest BCUT2D eigenvalue weighted by molar-refractivity contribution is 0.372. The van der Waals surface area contributed by atoms with Gasteiger partial charge < -0.3 is 0 Å². The Morgan fingerprint density at radius 3 is 2.21 bits per heavy atom. The van der Waals surface area contributed by atoms with Crippen LogP contribution < -0.4 is 0 Å². The van der Waals surface area contributed by atoms with E-state index in [1.165, 1.54) is 0 Å². The highest BCUT2D eigenvalue weighted by atomic mass is 35.5. The number of rotatable bonds is 5. The number of hydrogen-bond donors (Lipinski definition) is 0. The molecule has 106 valence electrons. The van der Waals surface area contributed by atoms with E-state index in [2.05, 4.69) is 0 Å². The van der Waals surface area contributed by atoms with E-state index >= 15 is 0 Å². The summed E-state index contributed by atoms with van der Waals surface area (Å²) < 4.78 is 26.2. The third-order valence-electron chi connectivity index (χ3n) is 3.80. The van der Waals surface area contributed by atoms with Crippen LogP contribution in [0, 0.1) is 0 Å². The monoisotopic (exact) mass is 301 g/mol. The summed E-state index contributed by atoms with van der Waals surface area (Å²) in [6, 6.07) is 7.64. The molecule has 0 aliphatic heterocycles. The zero-order valence-corrected chi connectivity index (χ0v) is 12.8. The van der Waals surface area contributed by atoms with Crippen LogP contribution in [0.4, 0.5) is 0 Å². The SMILES string of the molecule is CN(C1CCCC1)S(=O)(=O)Cc1ccc(CCl)cc1. The van der Waals surface area contributed by atoms with Gasteiger partial charge in [0.15, 0.2) is 0 Å². The van der Waals surface area contributed by atoms with Crippen molar-refractivity contribution in [2.45, 2.75) is 43.4 Å². The Balaban J connectivity index is 2.06. The van der Waals surface area contributed by atoms with Crippen molar-refractivity contribution in [3.05, 3.63) is 35.4 Å². The minimum atomic E-state index is -3.22. The molecule has 0 unspecified atom stereocenters. The van der Waals surface area contributed by atoms with E-state index < -0.39 is 10.0 Å². The first-order chi connectivity index (χ1) is 9.03. The number of nitrogens with zero attached hydrogens (tertiary/aromatic N) is 1. The largest absolute Gasteiger partial charge is 0.218 e. The second kappa shape index (κ2) is 6.25. The Morgan fingerprint density at radius 2 is 1.68 bits per heavy atom. The fraction of sp³-hybridized carbons (Fsp3) is 0.571. The Bertz CT molecular complexity index is 507. The molecular weight excluding hydrogens is 282 g/mol. The first kappa shape index (κ1) is 14.8. The Labute approximate surface area is 120 Å². The minimum absolute atomic E-state index is 0.0720. The number of sulfonamides is 1. The molecule has 1 aromatic rings. The van der Waals surface area contributed by atoms with Crippen molar-refractivity contribution in [2.75, 3.05) is 7.05 Å². The molecule has 0 amide bonds. The molecule has 1 aromatic carbocycles. The summed E-state index contributed by atoms with van der Waals surface area (Å²) in [5.74, 6) is 0.525. The van der Waals surface area contributed by atoms with Crippen LogP contribution in [-0.2, 0) is 21.7 Å². The molecule has 0 N–H and O–H groups in total. The standard InChI is InChI=1S/C14H20ClNO2S/c1-16(14-4-2-3-5-14)19(17,18)11-13-8-6-12(10-15)7-9-13/h6-9,14H,2-5,10-11H2,1H3. The van der Waals surface area contributed by atoms with E-state index in [0.29, 0.717) is 5.88 Å². The van der Waals surface area contributed by atoms with Gasteiger partial charge in [0, 0.05) is 19.0 Å². The highest BCUT2D eigenvalue weighted by molar-refractivity contribution is 7.88. The van der Waals surface area contributed by atoms with Crippen molar-refractivity contribution in [2.24, 2.45) is 0 Å². The number of alkyl halides is 1. The van der Waals surface area contributed by atoms with Crippen molar-refractivity contribution in [3.8, 4) is 0 Å². The van der Waals surface area contributed by atoms with E-state index in [0.717, 1.165) is 36.8 Å². The molecule has 0 aromatic heterocycles. The molecule has 0 spiro atoms. The van der Waals surface area contributed by atoms with E-state index in [4.69, 9.17) is 11.6 Å². The molecule has 0 radical (unpaired) electrons. The lowest BCUT2D eigenvalue weighted by Gasteiger charge is -2.23.